The van der Waals surface area contributed by atoms with Gasteiger partial charge in [-0.1, -0.05) is 35.9 Å². The smallest absolute Gasteiger partial charge is 0.322 e. The van der Waals surface area contributed by atoms with Crippen molar-refractivity contribution in [1.29, 1.82) is 0 Å². The molecule has 170 valence electrons. The Morgan fingerprint density at radius 1 is 1.03 bits per heavy atom. The van der Waals surface area contributed by atoms with Crippen LogP contribution in [0.5, 0.6) is 11.5 Å². The Kier molecular flexibility index (Phi) is 5.96. The van der Waals surface area contributed by atoms with Crippen LogP contribution < -0.4 is 10.1 Å². The average Bonchev–Trinajstić information content (AvgIpc) is 3.42. The van der Waals surface area contributed by atoms with Crippen molar-refractivity contribution in [3.8, 4) is 11.5 Å². The number of fused-ring (bicyclic) bond motifs is 2. The number of rotatable bonds is 5. The summed E-state index contributed by atoms with van der Waals surface area (Å²) in [5.74, 6) is 0.648. The maximum atomic E-state index is 13.3. The van der Waals surface area contributed by atoms with Crippen LogP contribution in [0.2, 0.25) is 5.02 Å². The van der Waals surface area contributed by atoms with Gasteiger partial charge in [0.25, 0.3) is 0 Å². The van der Waals surface area contributed by atoms with Crippen LogP contribution in [0.3, 0.4) is 0 Å². The molecular weight excluding hydrogens is 441 g/mol. The van der Waals surface area contributed by atoms with Gasteiger partial charge < -0.3 is 15.0 Å². The van der Waals surface area contributed by atoms with Gasteiger partial charge in [0.05, 0.1) is 0 Å². The topological polar surface area (TPSA) is 44.8 Å². The van der Waals surface area contributed by atoms with Crippen LogP contribution >= 0.6 is 11.6 Å². The lowest BCUT2D eigenvalue weighted by molar-refractivity contribution is 0.115. The van der Waals surface area contributed by atoms with Gasteiger partial charge in [0.2, 0.25) is 0 Å². The van der Waals surface area contributed by atoms with Gasteiger partial charge in [0, 0.05) is 48.0 Å². The number of ether oxygens (including phenoxy) is 1. The van der Waals surface area contributed by atoms with Crippen molar-refractivity contribution in [3.05, 3.63) is 89.2 Å². The molecular formula is C26H25ClFN3O2. The number of benzene rings is 3. The number of carbonyl (C=O) groups excluding carboxylic acids is 1. The summed E-state index contributed by atoms with van der Waals surface area (Å²) in [7, 11) is 0. The lowest BCUT2D eigenvalue weighted by Crippen LogP contribution is -2.50. The Hall–Kier alpha value is -3.09. The number of hydrogen-bond acceptors (Lipinski definition) is 3. The minimum absolute atomic E-state index is 0.0913. The minimum atomic E-state index is -0.351. The number of nitrogens with zero attached hydrogens (tertiary/aromatic N) is 2. The molecule has 33 heavy (non-hydrogen) atoms. The molecule has 2 heterocycles. The Balaban J connectivity index is 1.18. The highest BCUT2D eigenvalue weighted by Gasteiger charge is 2.47. The van der Waals surface area contributed by atoms with Crippen LogP contribution in [-0.2, 0) is 0 Å². The molecule has 0 spiro atoms. The molecule has 0 aliphatic carbocycles. The lowest BCUT2D eigenvalue weighted by Gasteiger charge is -2.38. The van der Waals surface area contributed by atoms with Crippen LogP contribution in [0.4, 0.5) is 14.9 Å². The monoisotopic (exact) mass is 465 g/mol. The second-order valence-corrected chi connectivity index (χ2v) is 9.01. The van der Waals surface area contributed by atoms with Gasteiger partial charge in [-0.2, -0.15) is 0 Å². The number of halogens is 2. The Morgan fingerprint density at radius 2 is 1.82 bits per heavy atom. The molecule has 2 amide bonds. The summed E-state index contributed by atoms with van der Waals surface area (Å²) >= 11 is 6.41. The predicted molar refractivity (Wildman–Crippen MR) is 127 cm³/mol. The van der Waals surface area contributed by atoms with Gasteiger partial charge in [-0.25, -0.2) is 9.18 Å². The van der Waals surface area contributed by atoms with E-state index < -0.39 is 0 Å². The van der Waals surface area contributed by atoms with Gasteiger partial charge in [-0.05, 0) is 61.4 Å². The van der Waals surface area contributed by atoms with Crippen LogP contribution in [0, 0.1) is 5.82 Å². The fraction of sp³-hybridized carbons (Fsp3) is 0.269. The molecule has 2 aliphatic rings. The minimum Gasteiger partial charge on any atom is -0.457 e. The number of anilines is 1. The zero-order valence-corrected chi connectivity index (χ0v) is 19.0. The van der Waals surface area contributed by atoms with Gasteiger partial charge in [-0.15, -0.1) is 0 Å². The molecule has 3 aromatic rings. The SMILES string of the molecule is CC(c1ccccc1Cl)N1CC2CC1CN2C(=O)Nc1ccc(Oc2cccc(F)c2)cc1. The highest BCUT2D eigenvalue weighted by Crippen LogP contribution is 2.38. The number of nitrogens with one attached hydrogen (secondary N) is 1. The summed E-state index contributed by atoms with van der Waals surface area (Å²) in [6.45, 7) is 3.72. The van der Waals surface area contributed by atoms with E-state index in [4.69, 9.17) is 16.3 Å². The summed E-state index contributed by atoms with van der Waals surface area (Å²) in [6, 6.07) is 21.7. The van der Waals surface area contributed by atoms with Crippen LogP contribution in [0.25, 0.3) is 0 Å². The normalized spacial score (nSPS) is 20.6. The second kappa shape index (κ2) is 9.04. The first-order valence-electron chi connectivity index (χ1n) is 11.1. The first-order chi connectivity index (χ1) is 16.0. The van der Waals surface area contributed by atoms with Gasteiger partial charge >= 0.3 is 6.03 Å². The van der Waals surface area contributed by atoms with Crippen LogP contribution in [-0.4, -0.2) is 41.0 Å². The number of piperazine rings is 1. The molecule has 2 bridgehead atoms. The van der Waals surface area contributed by atoms with Gasteiger partial charge in [0.15, 0.2) is 0 Å². The predicted octanol–water partition coefficient (Wildman–Crippen LogP) is 6.32. The van der Waals surface area contributed by atoms with E-state index in [0.717, 1.165) is 23.6 Å². The highest BCUT2D eigenvalue weighted by molar-refractivity contribution is 6.31. The van der Waals surface area contributed by atoms with Crippen molar-refractivity contribution >= 4 is 23.3 Å². The molecule has 1 N–H and O–H groups in total. The third-order valence-corrected chi connectivity index (χ3v) is 6.88. The number of likely N-dealkylation sites (tertiary alicyclic amines) is 2. The quantitative estimate of drug-likeness (QED) is 0.479. The molecule has 3 unspecified atom stereocenters. The molecule has 5 rings (SSSR count). The second-order valence-electron chi connectivity index (χ2n) is 8.60. The van der Waals surface area contributed by atoms with E-state index in [0.29, 0.717) is 29.8 Å². The number of amides is 2. The first-order valence-corrected chi connectivity index (χ1v) is 11.5. The van der Waals surface area contributed by atoms with E-state index >= 15 is 0 Å². The zero-order valence-electron chi connectivity index (χ0n) is 18.2. The van der Waals surface area contributed by atoms with E-state index in [2.05, 4.69) is 23.2 Å². The molecule has 0 aromatic heterocycles. The van der Waals surface area contributed by atoms with Crippen molar-refractivity contribution in [2.75, 3.05) is 18.4 Å². The summed E-state index contributed by atoms with van der Waals surface area (Å²) in [6.07, 6.45) is 0.975. The highest BCUT2D eigenvalue weighted by atomic mass is 35.5. The third-order valence-electron chi connectivity index (χ3n) is 6.53. The van der Waals surface area contributed by atoms with Crippen molar-refractivity contribution in [2.45, 2.75) is 31.5 Å². The molecule has 2 fully saturated rings. The Labute approximate surface area is 197 Å². The van der Waals surface area contributed by atoms with E-state index in [1.54, 1.807) is 36.4 Å². The zero-order chi connectivity index (χ0) is 22.9. The molecule has 5 nitrogen and oxygen atoms in total. The third kappa shape index (κ3) is 4.54. The number of carbonyl (C=O) groups is 1. The molecule has 3 aromatic carbocycles. The van der Waals surface area contributed by atoms with E-state index in [9.17, 15) is 9.18 Å². The average molecular weight is 466 g/mol. The molecule has 7 heteroatoms. The molecule has 2 aliphatic heterocycles. The Bertz CT molecular complexity index is 1160. The number of urea groups is 1. The largest absolute Gasteiger partial charge is 0.457 e. The first kappa shape index (κ1) is 21.7. The molecule has 0 saturated carbocycles. The summed E-state index contributed by atoms with van der Waals surface area (Å²) in [4.78, 5) is 17.3. The maximum absolute atomic E-state index is 13.3. The van der Waals surface area contributed by atoms with E-state index in [1.807, 2.05) is 23.1 Å². The van der Waals surface area contributed by atoms with Gasteiger partial charge in [-0.3, -0.25) is 4.90 Å². The van der Waals surface area contributed by atoms with Crippen molar-refractivity contribution in [1.82, 2.24) is 9.80 Å². The summed E-state index contributed by atoms with van der Waals surface area (Å²) in [5.41, 5.74) is 1.82. The number of hydrogen-bond donors (Lipinski definition) is 1. The fourth-order valence-corrected chi connectivity index (χ4v) is 5.18. The maximum Gasteiger partial charge on any atom is 0.322 e. The van der Waals surface area contributed by atoms with Crippen molar-refractivity contribution in [2.24, 2.45) is 0 Å². The van der Waals surface area contributed by atoms with Crippen LogP contribution in [0.1, 0.15) is 24.9 Å². The van der Waals surface area contributed by atoms with Crippen molar-refractivity contribution < 1.29 is 13.9 Å². The summed E-state index contributed by atoms with van der Waals surface area (Å²) in [5, 5.41) is 3.77. The fourth-order valence-electron chi connectivity index (χ4n) is 4.88. The molecule has 2 saturated heterocycles. The van der Waals surface area contributed by atoms with Gasteiger partial charge in [0.1, 0.15) is 17.3 Å². The van der Waals surface area contributed by atoms with Crippen LogP contribution in [0.15, 0.2) is 72.8 Å². The Morgan fingerprint density at radius 3 is 2.52 bits per heavy atom. The molecule has 3 atom stereocenters. The van der Waals surface area contributed by atoms with E-state index in [1.165, 1.54) is 12.1 Å². The lowest BCUT2D eigenvalue weighted by atomic mass is 10.1. The van der Waals surface area contributed by atoms with E-state index in [-0.39, 0.29) is 23.9 Å². The van der Waals surface area contributed by atoms with Crippen molar-refractivity contribution in [3.63, 3.8) is 0 Å². The summed E-state index contributed by atoms with van der Waals surface area (Å²) < 4.78 is 19.0. The molecule has 0 radical (unpaired) electrons. The standard InChI is InChI=1S/C26H25ClFN3O2/c1-17(24-7-2-3-8-25(24)27)30-15-21-14-20(30)16-31(21)26(32)29-19-9-11-22(12-10-19)33-23-6-4-5-18(28)13-23/h2-13,17,20-21H,14-16H2,1H3,(H,29,32).